The van der Waals surface area contributed by atoms with Gasteiger partial charge in [0.05, 0.1) is 30.2 Å². The predicted octanol–water partition coefficient (Wildman–Crippen LogP) is 3.33. The average Bonchev–Trinajstić information content (AvgIpc) is 3.01. The smallest absolute Gasteiger partial charge is 0.226 e. The summed E-state index contributed by atoms with van der Waals surface area (Å²) in [6.07, 6.45) is 0. The molecule has 1 saturated heterocycles. The van der Waals surface area contributed by atoms with Crippen molar-refractivity contribution < 1.29 is 13.9 Å². The molecule has 2 heterocycles. The van der Waals surface area contributed by atoms with Gasteiger partial charge in [0, 0.05) is 29.8 Å². The fourth-order valence-electron chi connectivity index (χ4n) is 3.63. The van der Waals surface area contributed by atoms with Crippen LogP contribution in [0.1, 0.15) is 15.9 Å². The number of nitrogens with zero attached hydrogens (tertiary/aromatic N) is 3. The van der Waals surface area contributed by atoms with Gasteiger partial charge in [-0.05, 0) is 12.1 Å². The number of aromatic nitrogens is 2. The molecule has 1 aliphatic heterocycles. The first kappa shape index (κ1) is 16.1. The van der Waals surface area contributed by atoms with E-state index in [-0.39, 0.29) is 5.78 Å². The van der Waals surface area contributed by atoms with Crippen LogP contribution in [0.3, 0.4) is 0 Å². The topological polar surface area (TPSA) is 55.3 Å². The second kappa shape index (κ2) is 6.25. The van der Waals surface area contributed by atoms with Crippen LogP contribution >= 0.6 is 0 Å². The van der Waals surface area contributed by atoms with Gasteiger partial charge in [0.25, 0.3) is 0 Å². The lowest BCUT2D eigenvalue weighted by Gasteiger charge is -2.27. The van der Waals surface area contributed by atoms with E-state index in [0.29, 0.717) is 60.3 Å². The standard InChI is InChI=1S/C21H16FN3O2/c22-16-8-4-3-7-15(16)19-17-18(13-5-1-2-6-14(13)20(17)26)23-21(24-19)25-9-11-27-12-10-25/h1-8H,9-12H2. The second-order valence-electron chi connectivity index (χ2n) is 6.55. The molecule has 134 valence electrons. The van der Waals surface area contributed by atoms with Crippen LogP contribution < -0.4 is 4.90 Å². The molecule has 1 aliphatic carbocycles. The van der Waals surface area contributed by atoms with Crippen molar-refractivity contribution >= 4 is 11.7 Å². The molecule has 0 bridgehead atoms. The molecule has 5 rings (SSSR count). The molecule has 2 aliphatic rings. The molecule has 1 fully saturated rings. The number of carbonyl (C=O) groups is 1. The Hall–Kier alpha value is -3.12. The molecule has 6 heteroatoms. The number of ether oxygens (including phenoxy) is 1. The average molecular weight is 361 g/mol. The van der Waals surface area contributed by atoms with Crippen molar-refractivity contribution in [2.45, 2.75) is 0 Å². The maximum atomic E-state index is 14.6. The highest BCUT2D eigenvalue weighted by molar-refractivity contribution is 6.23. The SMILES string of the molecule is O=C1c2ccccc2-c2nc(N3CCOCC3)nc(-c3ccccc3F)c21. The van der Waals surface area contributed by atoms with Gasteiger partial charge in [-0.15, -0.1) is 0 Å². The number of benzene rings is 2. The van der Waals surface area contributed by atoms with Crippen LogP contribution in [0.4, 0.5) is 10.3 Å². The number of carbonyl (C=O) groups excluding carboxylic acids is 1. The zero-order valence-electron chi connectivity index (χ0n) is 14.5. The zero-order chi connectivity index (χ0) is 18.4. The molecule has 2 aromatic carbocycles. The van der Waals surface area contributed by atoms with Crippen LogP contribution in [0.5, 0.6) is 0 Å². The van der Waals surface area contributed by atoms with Crippen molar-refractivity contribution in [1.29, 1.82) is 0 Å². The van der Waals surface area contributed by atoms with Gasteiger partial charge in [0.15, 0.2) is 5.78 Å². The van der Waals surface area contributed by atoms with Gasteiger partial charge >= 0.3 is 0 Å². The minimum atomic E-state index is -0.407. The number of hydrogen-bond donors (Lipinski definition) is 0. The number of halogens is 1. The third-order valence-corrected chi connectivity index (χ3v) is 4.97. The summed E-state index contributed by atoms with van der Waals surface area (Å²) in [7, 11) is 0. The number of rotatable bonds is 2. The van der Waals surface area contributed by atoms with E-state index in [1.807, 2.05) is 23.1 Å². The van der Waals surface area contributed by atoms with Gasteiger partial charge in [-0.2, -0.15) is 0 Å². The fourth-order valence-corrected chi connectivity index (χ4v) is 3.63. The van der Waals surface area contributed by atoms with E-state index in [9.17, 15) is 9.18 Å². The number of ketones is 1. The quantitative estimate of drug-likeness (QED) is 0.548. The molecule has 3 aromatic rings. The lowest BCUT2D eigenvalue weighted by atomic mass is 10.0. The van der Waals surface area contributed by atoms with Gasteiger partial charge in [0.1, 0.15) is 5.82 Å². The molecule has 1 aromatic heterocycles. The van der Waals surface area contributed by atoms with Gasteiger partial charge in [-0.3, -0.25) is 4.79 Å². The Balaban J connectivity index is 1.78. The van der Waals surface area contributed by atoms with Crippen LogP contribution in [0.25, 0.3) is 22.5 Å². The first-order valence-corrected chi connectivity index (χ1v) is 8.88. The first-order chi connectivity index (χ1) is 13.2. The van der Waals surface area contributed by atoms with E-state index < -0.39 is 5.82 Å². The lowest BCUT2D eigenvalue weighted by Crippen LogP contribution is -2.37. The van der Waals surface area contributed by atoms with Crippen molar-refractivity contribution in [2.75, 3.05) is 31.2 Å². The summed E-state index contributed by atoms with van der Waals surface area (Å²) >= 11 is 0. The summed E-state index contributed by atoms with van der Waals surface area (Å²) in [5.74, 6) is -0.0673. The molecule has 0 N–H and O–H groups in total. The summed E-state index contributed by atoms with van der Waals surface area (Å²) < 4.78 is 20.0. The summed E-state index contributed by atoms with van der Waals surface area (Å²) in [5.41, 5.74) is 2.96. The molecule has 5 nitrogen and oxygen atoms in total. The molecule has 0 amide bonds. The van der Waals surface area contributed by atoms with E-state index in [4.69, 9.17) is 9.72 Å². The largest absolute Gasteiger partial charge is 0.378 e. The Kier molecular flexibility index (Phi) is 3.72. The first-order valence-electron chi connectivity index (χ1n) is 8.88. The van der Waals surface area contributed by atoms with Gasteiger partial charge in [-0.1, -0.05) is 36.4 Å². The van der Waals surface area contributed by atoms with Crippen LogP contribution in [0, 0.1) is 5.82 Å². The van der Waals surface area contributed by atoms with E-state index in [0.717, 1.165) is 5.56 Å². The molecule has 0 unspecified atom stereocenters. The molecular weight excluding hydrogens is 345 g/mol. The monoisotopic (exact) mass is 361 g/mol. The van der Waals surface area contributed by atoms with Crippen molar-refractivity contribution in [3.8, 4) is 22.5 Å². The van der Waals surface area contributed by atoms with Crippen molar-refractivity contribution in [1.82, 2.24) is 9.97 Å². The van der Waals surface area contributed by atoms with Gasteiger partial charge in [0.2, 0.25) is 5.95 Å². The molecule has 0 radical (unpaired) electrons. The maximum Gasteiger partial charge on any atom is 0.226 e. The van der Waals surface area contributed by atoms with Crippen LogP contribution in [0.2, 0.25) is 0 Å². The highest BCUT2D eigenvalue weighted by Crippen LogP contribution is 2.41. The Morgan fingerprint density at radius 2 is 1.44 bits per heavy atom. The Morgan fingerprint density at radius 3 is 2.15 bits per heavy atom. The molecule has 0 saturated carbocycles. The summed E-state index contributed by atoms with van der Waals surface area (Å²) in [6.45, 7) is 2.49. The minimum Gasteiger partial charge on any atom is -0.378 e. The molecular formula is C21H16FN3O2. The van der Waals surface area contributed by atoms with Gasteiger partial charge < -0.3 is 9.64 Å². The lowest BCUT2D eigenvalue weighted by molar-refractivity contribution is 0.104. The molecule has 0 spiro atoms. The second-order valence-corrected chi connectivity index (χ2v) is 6.55. The Bertz CT molecular complexity index is 1060. The highest BCUT2D eigenvalue weighted by atomic mass is 19.1. The van der Waals surface area contributed by atoms with Gasteiger partial charge in [-0.25, -0.2) is 14.4 Å². The van der Waals surface area contributed by atoms with E-state index in [2.05, 4.69) is 4.98 Å². The number of anilines is 1. The third kappa shape index (κ3) is 2.52. The van der Waals surface area contributed by atoms with Crippen molar-refractivity contribution in [2.24, 2.45) is 0 Å². The molecule has 0 atom stereocenters. The zero-order valence-corrected chi connectivity index (χ0v) is 14.5. The summed E-state index contributed by atoms with van der Waals surface area (Å²) in [6, 6.07) is 13.7. The van der Waals surface area contributed by atoms with Crippen LogP contribution in [-0.2, 0) is 4.74 Å². The normalized spacial score (nSPS) is 15.6. The Labute approximate surface area is 155 Å². The highest BCUT2D eigenvalue weighted by Gasteiger charge is 2.34. The van der Waals surface area contributed by atoms with E-state index in [1.165, 1.54) is 6.07 Å². The third-order valence-electron chi connectivity index (χ3n) is 4.97. The maximum absolute atomic E-state index is 14.6. The number of morpholine rings is 1. The Morgan fingerprint density at radius 1 is 0.852 bits per heavy atom. The van der Waals surface area contributed by atoms with E-state index in [1.54, 1.807) is 24.3 Å². The molecule has 27 heavy (non-hydrogen) atoms. The summed E-state index contributed by atoms with van der Waals surface area (Å²) in [4.78, 5) is 24.4. The van der Waals surface area contributed by atoms with Crippen molar-refractivity contribution in [3.63, 3.8) is 0 Å². The summed E-state index contributed by atoms with van der Waals surface area (Å²) in [5, 5.41) is 0. The number of hydrogen-bond acceptors (Lipinski definition) is 5. The van der Waals surface area contributed by atoms with Crippen molar-refractivity contribution in [3.05, 3.63) is 65.5 Å². The van der Waals surface area contributed by atoms with Crippen LogP contribution in [-0.4, -0.2) is 42.1 Å². The fraction of sp³-hybridized carbons (Fsp3) is 0.190. The minimum absolute atomic E-state index is 0.160. The predicted molar refractivity (Wildman–Crippen MR) is 99.3 cm³/mol. The number of fused-ring (bicyclic) bond motifs is 3. The van der Waals surface area contributed by atoms with E-state index >= 15 is 0 Å². The van der Waals surface area contributed by atoms with Crippen LogP contribution in [0.15, 0.2) is 48.5 Å².